The number of rotatable bonds is 5. The lowest BCUT2D eigenvalue weighted by Crippen LogP contribution is -2.09. The number of aromatic carboxylic acids is 1. The monoisotopic (exact) mass is 403 g/mol. The van der Waals surface area contributed by atoms with Crippen LogP contribution in [0.15, 0.2) is 48.5 Å². The van der Waals surface area contributed by atoms with Crippen LogP contribution < -0.4 is 4.74 Å². The molecule has 0 spiro atoms. The number of ether oxygens (including phenoxy) is 1. The van der Waals surface area contributed by atoms with Gasteiger partial charge in [0, 0.05) is 17.0 Å². The van der Waals surface area contributed by atoms with E-state index in [1.807, 2.05) is 0 Å². The van der Waals surface area contributed by atoms with E-state index in [1.54, 1.807) is 61.7 Å². The molecule has 1 N–H and O–H groups in total. The number of halogens is 3. The molecule has 0 saturated heterocycles. The van der Waals surface area contributed by atoms with Gasteiger partial charge in [-0.3, -0.25) is 0 Å². The second-order valence-electron chi connectivity index (χ2n) is 6.58. The van der Waals surface area contributed by atoms with Crippen LogP contribution in [0.1, 0.15) is 34.2 Å². The number of hydrogen-bond acceptors (Lipinski definition) is 2. The first-order valence-corrected chi connectivity index (χ1v) is 9.01. The van der Waals surface area contributed by atoms with Crippen LogP contribution in [-0.4, -0.2) is 22.2 Å². The molecule has 1 heterocycles. The first-order valence-electron chi connectivity index (χ1n) is 9.01. The molecule has 0 aliphatic heterocycles. The van der Waals surface area contributed by atoms with Crippen molar-refractivity contribution in [2.24, 2.45) is 0 Å². The summed E-state index contributed by atoms with van der Waals surface area (Å²) in [5.74, 6) is -1.27. The molecule has 4 nitrogen and oxygen atoms in total. The topological polar surface area (TPSA) is 51.5 Å². The van der Waals surface area contributed by atoms with Crippen LogP contribution >= 0.6 is 0 Å². The van der Waals surface area contributed by atoms with Crippen molar-refractivity contribution in [3.05, 3.63) is 71.0 Å². The molecule has 0 fully saturated rings. The van der Waals surface area contributed by atoms with Gasteiger partial charge in [0.25, 0.3) is 0 Å². The smallest absolute Gasteiger partial charge is 0.419 e. The van der Waals surface area contributed by atoms with Crippen LogP contribution in [0.3, 0.4) is 0 Å². The van der Waals surface area contributed by atoms with E-state index in [-0.39, 0.29) is 17.9 Å². The fraction of sp³-hybridized carbons (Fsp3) is 0.227. The number of carboxylic acids is 1. The van der Waals surface area contributed by atoms with Crippen LogP contribution in [0.4, 0.5) is 13.2 Å². The quantitative estimate of drug-likeness (QED) is 0.579. The summed E-state index contributed by atoms with van der Waals surface area (Å²) in [6.45, 7) is 5.18. The maximum absolute atomic E-state index is 13.6. The molecule has 0 radical (unpaired) electrons. The fourth-order valence-electron chi connectivity index (χ4n) is 3.46. The summed E-state index contributed by atoms with van der Waals surface area (Å²) in [4.78, 5) is 11.5. The number of hydrogen-bond donors (Lipinski definition) is 1. The van der Waals surface area contributed by atoms with Gasteiger partial charge in [-0.25, -0.2) is 4.79 Å². The third kappa shape index (κ3) is 3.85. The van der Waals surface area contributed by atoms with Crippen molar-refractivity contribution in [2.75, 3.05) is 6.61 Å². The predicted molar refractivity (Wildman–Crippen MR) is 104 cm³/mol. The zero-order valence-electron chi connectivity index (χ0n) is 16.2. The largest absolute Gasteiger partial charge is 0.493 e. The molecule has 0 amide bonds. The van der Waals surface area contributed by atoms with Crippen LogP contribution in [0.5, 0.6) is 5.75 Å². The number of para-hydroxylation sites is 1. The molecule has 7 heteroatoms. The maximum atomic E-state index is 13.6. The van der Waals surface area contributed by atoms with Crippen LogP contribution in [0, 0.1) is 13.8 Å². The van der Waals surface area contributed by atoms with Gasteiger partial charge in [-0.05, 0) is 50.6 Å². The Balaban J connectivity index is 2.23. The standard InChI is InChI=1S/C22H20F3NO3/c1-4-29-20-10-9-15(12-18(20)22(23,24)25)16-7-5-6-8-19(16)26-13(2)11-17(14(26)3)21(27)28/h5-12H,4H2,1-3H3,(H,27,28). The lowest BCUT2D eigenvalue weighted by Gasteiger charge is -2.18. The summed E-state index contributed by atoms with van der Waals surface area (Å²) in [7, 11) is 0. The number of aryl methyl sites for hydroxylation is 1. The van der Waals surface area contributed by atoms with Crippen molar-refractivity contribution in [3.63, 3.8) is 0 Å². The molecule has 0 atom stereocenters. The Labute approximate surface area is 166 Å². The molecular formula is C22H20F3NO3. The summed E-state index contributed by atoms with van der Waals surface area (Å²) in [6.07, 6.45) is -4.56. The van der Waals surface area contributed by atoms with Crippen LogP contribution in [-0.2, 0) is 6.18 Å². The van der Waals surface area contributed by atoms with E-state index in [1.165, 1.54) is 6.07 Å². The summed E-state index contributed by atoms with van der Waals surface area (Å²) >= 11 is 0. The Morgan fingerprint density at radius 1 is 1.10 bits per heavy atom. The van der Waals surface area contributed by atoms with Crippen molar-refractivity contribution < 1.29 is 27.8 Å². The molecule has 0 unspecified atom stereocenters. The minimum absolute atomic E-state index is 0.124. The second kappa shape index (κ2) is 7.66. The lowest BCUT2D eigenvalue weighted by molar-refractivity contribution is -0.138. The average Bonchev–Trinajstić information content (AvgIpc) is 2.96. The van der Waals surface area contributed by atoms with E-state index in [0.717, 1.165) is 6.07 Å². The average molecular weight is 403 g/mol. The number of aromatic nitrogens is 1. The normalized spacial score (nSPS) is 11.5. The summed E-state index contributed by atoms with van der Waals surface area (Å²) < 4.78 is 47.6. The highest BCUT2D eigenvalue weighted by Crippen LogP contribution is 2.40. The highest BCUT2D eigenvalue weighted by Gasteiger charge is 2.35. The first kappa shape index (κ1) is 20.5. The third-order valence-electron chi connectivity index (χ3n) is 4.70. The van der Waals surface area contributed by atoms with E-state index in [2.05, 4.69) is 0 Å². The number of carbonyl (C=O) groups is 1. The van der Waals surface area contributed by atoms with Crippen molar-refractivity contribution in [2.45, 2.75) is 26.9 Å². The van der Waals surface area contributed by atoms with Crippen LogP contribution in [0.2, 0.25) is 0 Å². The predicted octanol–water partition coefficient (Wildman–Crippen LogP) is 5.88. The molecule has 0 aliphatic rings. The van der Waals surface area contributed by atoms with Crippen molar-refractivity contribution in [1.82, 2.24) is 4.57 Å². The molecule has 3 aromatic rings. The van der Waals surface area contributed by atoms with Gasteiger partial charge < -0.3 is 14.4 Å². The molecule has 29 heavy (non-hydrogen) atoms. The summed E-state index contributed by atoms with van der Waals surface area (Å²) in [5, 5.41) is 9.39. The molecule has 0 aliphatic carbocycles. The van der Waals surface area contributed by atoms with E-state index >= 15 is 0 Å². The van der Waals surface area contributed by atoms with Gasteiger partial charge in [0.05, 0.1) is 23.4 Å². The third-order valence-corrected chi connectivity index (χ3v) is 4.70. The number of nitrogens with zero attached hydrogens (tertiary/aromatic N) is 1. The van der Waals surface area contributed by atoms with Crippen molar-refractivity contribution >= 4 is 5.97 Å². The van der Waals surface area contributed by atoms with Gasteiger partial charge in [0.15, 0.2) is 0 Å². The highest BCUT2D eigenvalue weighted by molar-refractivity contribution is 5.90. The second-order valence-corrected chi connectivity index (χ2v) is 6.58. The van der Waals surface area contributed by atoms with E-state index in [0.29, 0.717) is 28.2 Å². The van der Waals surface area contributed by atoms with Gasteiger partial charge >= 0.3 is 12.1 Å². The lowest BCUT2D eigenvalue weighted by atomic mass is 10.00. The van der Waals surface area contributed by atoms with E-state index in [4.69, 9.17) is 4.74 Å². The maximum Gasteiger partial charge on any atom is 0.419 e. The molecule has 152 valence electrons. The first-order chi connectivity index (χ1) is 13.6. The van der Waals surface area contributed by atoms with E-state index in [9.17, 15) is 23.1 Å². The molecular weight excluding hydrogens is 383 g/mol. The van der Waals surface area contributed by atoms with Gasteiger partial charge in [-0.1, -0.05) is 24.3 Å². The molecule has 1 aromatic heterocycles. The van der Waals surface area contributed by atoms with Gasteiger partial charge in [-0.2, -0.15) is 13.2 Å². The minimum atomic E-state index is -4.56. The zero-order chi connectivity index (χ0) is 21.3. The SMILES string of the molecule is CCOc1ccc(-c2ccccc2-n2c(C)cc(C(=O)O)c2C)cc1C(F)(F)F. The van der Waals surface area contributed by atoms with Gasteiger partial charge in [0.2, 0.25) is 0 Å². The Morgan fingerprint density at radius 2 is 1.79 bits per heavy atom. The Bertz CT molecular complexity index is 1070. The van der Waals surface area contributed by atoms with E-state index < -0.39 is 17.7 Å². The Morgan fingerprint density at radius 3 is 2.38 bits per heavy atom. The fourth-order valence-corrected chi connectivity index (χ4v) is 3.46. The van der Waals surface area contributed by atoms with Gasteiger partial charge in [0.1, 0.15) is 5.75 Å². The van der Waals surface area contributed by atoms with Crippen molar-refractivity contribution in [1.29, 1.82) is 0 Å². The summed E-state index contributed by atoms with van der Waals surface area (Å²) in [6, 6.07) is 12.5. The minimum Gasteiger partial charge on any atom is -0.493 e. The van der Waals surface area contributed by atoms with Crippen molar-refractivity contribution in [3.8, 4) is 22.6 Å². The number of alkyl halides is 3. The number of benzene rings is 2. The Hall–Kier alpha value is -3.22. The summed E-state index contributed by atoms with van der Waals surface area (Å²) in [5.41, 5.74) is 2.00. The molecule has 0 saturated carbocycles. The highest BCUT2D eigenvalue weighted by atomic mass is 19.4. The number of carboxylic acid groups (broad SMARTS) is 1. The molecule has 2 aromatic carbocycles. The Kier molecular flexibility index (Phi) is 5.42. The molecule has 3 rings (SSSR count). The van der Waals surface area contributed by atoms with Gasteiger partial charge in [-0.15, -0.1) is 0 Å². The van der Waals surface area contributed by atoms with Crippen LogP contribution in [0.25, 0.3) is 16.8 Å². The zero-order valence-corrected chi connectivity index (χ0v) is 16.2. The molecule has 0 bridgehead atoms.